The van der Waals surface area contributed by atoms with Crippen molar-refractivity contribution in [2.45, 2.75) is 32.2 Å². The van der Waals surface area contributed by atoms with Crippen molar-refractivity contribution in [2.24, 2.45) is 0 Å². The Kier molecular flexibility index (Phi) is 4.32. The number of ketones is 1. The van der Waals surface area contributed by atoms with Crippen molar-refractivity contribution < 1.29 is 19.1 Å². The van der Waals surface area contributed by atoms with Gasteiger partial charge in [-0.2, -0.15) is 0 Å². The van der Waals surface area contributed by atoms with E-state index in [4.69, 9.17) is 9.15 Å². The van der Waals surface area contributed by atoms with Crippen molar-refractivity contribution >= 4 is 11.9 Å². The first kappa shape index (κ1) is 16.0. The molecule has 0 spiro atoms. The number of phenols is 1. The van der Waals surface area contributed by atoms with Gasteiger partial charge in [-0.15, -0.1) is 0 Å². The third-order valence-electron chi connectivity index (χ3n) is 4.81. The number of phenolic OH excluding ortho intramolecular Hbond substituents is 1. The van der Waals surface area contributed by atoms with Crippen LogP contribution in [0.2, 0.25) is 0 Å². The first-order chi connectivity index (χ1) is 12.2. The van der Waals surface area contributed by atoms with E-state index >= 15 is 0 Å². The Balaban J connectivity index is 1.64. The van der Waals surface area contributed by atoms with Crippen LogP contribution in [0.15, 0.2) is 40.7 Å². The maximum Gasteiger partial charge on any atom is 0.232 e. The van der Waals surface area contributed by atoms with E-state index in [1.807, 2.05) is 0 Å². The van der Waals surface area contributed by atoms with Crippen molar-refractivity contribution in [1.29, 1.82) is 0 Å². The first-order valence-electron chi connectivity index (χ1n) is 8.77. The number of hydrogen-bond acceptors (Lipinski definition) is 5. The minimum absolute atomic E-state index is 0.176. The van der Waals surface area contributed by atoms with Gasteiger partial charge in [0.25, 0.3) is 0 Å². The molecule has 25 heavy (non-hydrogen) atoms. The van der Waals surface area contributed by atoms with E-state index in [1.54, 1.807) is 36.6 Å². The summed E-state index contributed by atoms with van der Waals surface area (Å²) in [6.07, 6.45) is 7.98. The molecule has 5 nitrogen and oxygen atoms in total. The van der Waals surface area contributed by atoms with Crippen molar-refractivity contribution in [3.05, 3.63) is 53.2 Å². The molecule has 0 unspecified atom stereocenters. The lowest BCUT2D eigenvalue weighted by molar-refractivity contribution is 0.101. The van der Waals surface area contributed by atoms with E-state index in [2.05, 4.69) is 4.90 Å². The molecule has 1 aromatic carbocycles. The zero-order valence-corrected chi connectivity index (χ0v) is 14.0. The summed E-state index contributed by atoms with van der Waals surface area (Å²) in [5.74, 6) is 1.27. The number of aromatic hydroxyl groups is 1. The molecule has 2 aliphatic heterocycles. The van der Waals surface area contributed by atoms with E-state index < -0.39 is 0 Å². The van der Waals surface area contributed by atoms with Gasteiger partial charge in [-0.05, 0) is 50.2 Å². The Morgan fingerprint density at radius 2 is 1.92 bits per heavy atom. The number of benzene rings is 1. The lowest BCUT2D eigenvalue weighted by Crippen LogP contribution is -2.24. The number of ether oxygens (including phenoxy) is 1. The summed E-state index contributed by atoms with van der Waals surface area (Å²) in [7, 11) is 0. The highest BCUT2D eigenvalue weighted by Crippen LogP contribution is 2.40. The molecule has 2 aromatic rings. The molecule has 0 radical (unpaired) electrons. The lowest BCUT2D eigenvalue weighted by atomic mass is 10.0. The van der Waals surface area contributed by atoms with E-state index in [9.17, 15) is 9.90 Å². The van der Waals surface area contributed by atoms with Gasteiger partial charge in [-0.3, -0.25) is 9.69 Å². The van der Waals surface area contributed by atoms with Crippen LogP contribution >= 0.6 is 0 Å². The molecular weight excluding hydrogens is 318 g/mol. The predicted octanol–water partition coefficient (Wildman–Crippen LogP) is 3.98. The standard InChI is InChI=1S/C20H21NO4/c22-17-8-7-15-19(23)18(12-14-6-5-11-24-14)25-20(15)16(17)13-21-9-3-1-2-4-10-21/h5-8,11-12,22H,1-4,9-10,13H2/b18-12+. The van der Waals surface area contributed by atoms with Crippen LogP contribution in [-0.4, -0.2) is 28.9 Å². The van der Waals surface area contributed by atoms with E-state index in [-0.39, 0.29) is 17.3 Å². The Morgan fingerprint density at radius 3 is 2.64 bits per heavy atom. The number of hydrogen-bond donors (Lipinski definition) is 1. The van der Waals surface area contributed by atoms with Crippen LogP contribution in [0.1, 0.15) is 47.4 Å². The quantitative estimate of drug-likeness (QED) is 0.857. The van der Waals surface area contributed by atoms with E-state index in [0.717, 1.165) is 13.1 Å². The number of furan rings is 1. The number of carbonyl (C=O) groups is 1. The van der Waals surface area contributed by atoms with Crippen LogP contribution in [0.25, 0.3) is 6.08 Å². The van der Waals surface area contributed by atoms with Crippen LogP contribution in [-0.2, 0) is 6.54 Å². The molecule has 130 valence electrons. The number of allylic oxidation sites excluding steroid dienone is 1. The van der Waals surface area contributed by atoms with Crippen LogP contribution in [0.4, 0.5) is 0 Å². The smallest absolute Gasteiger partial charge is 0.232 e. The highest BCUT2D eigenvalue weighted by Gasteiger charge is 2.32. The molecule has 0 saturated carbocycles. The largest absolute Gasteiger partial charge is 0.507 e. The number of Topliss-reactive ketones (excluding diaryl/α,β-unsaturated/α-hetero) is 1. The van der Waals surface area contributed by atoms with Gasteiger partial charge in [-0.25, -0.2) is 0 Å². The summed E-state index contributed by atoms with van der Waals surface area (Å²) in [5.41, 5.74) is 1.19. The lowest BCUT2D eigenvalue weighted by Gasteiger charge is -2.21. The maximum absolute atomic E-state index is 12.6. The third kappa shape index (κ3) is 3.20. The minimum atomic E-state index is -0.177. The molecule has 0 bridgehead atoms. The number of carbonyl (C=O) groups excluding carboxylic acids is 1. The van der Waals surface area contributed by atoms with Gasteiger partial charge >= 0.3 is 0 Å². The summed E-state index contributed by atoms with van der Waals surface area (Å²) in [4.78, 5) is 14.9. The molecule has 1 fully saturated rings. The first-order valence-corrected chi connectivity index (χ1v) is 8.77. The van der Waals surface area contributed by atoms with Gasteiger partial charge in [0.2, 0.25) is 5.78 Å². The van der Waals surface area contributed by atoms with Crippen molar-refractivity contribution in [1.82, 2.24) is 4.90 Å². The Bertz CT molecular complexity index is 799. The van der Waals surface area contributed by atoms with Crippen LogP contribution < -0.4 is 4.74 Å². The zero-order chi connectivity index (χ0) is 17.2. The van der Waals surface area contributed by atoms with Gasteiger partial charge in [0.05, 0.1) is 17.4 Å². The summed E-state index contributed by atoms with van der Waals surface area (Å²) < 4.78 is 11.1. The van der Waals surface area contributed by atoms with Gasteiger partial charge in [0.15, 0.2) is 5.76 Å². The average molecular weight is 339 g/mol. The summed E-state index contributed by atoms with van der Waals surface area (Å²) in [6, 6.07) is 6.74. The van der Waals surface area contributed by atoms with E-state index in [0.29, 0.717) is 29.2 Å². The van der Waals surface area contributed by atoms with Crippen LogP contribution in [0.3, 0.4) is 0 Å². The minimum Gasteiger partial charge on any atom is -0.507 e. The predicted molar refractivity (Wildman–Crippen MR) is 93.5 cm³/mol. The Morgan fingerprint density at radius 1 is 1.12 bits per heavy atom. The van der Waals surface area contributed by atoms with Crippen molar-refractivity contribution in [3.63, 3.8) is 0 Å². The number of nitrogens with zero attached hydrogens (tertiary/aromatic N) is 1. The monoisotopic (exact) mass is 339 g/mol. The molecule has 1 aromatic heterocycles. The molecule has 0 atom stereocenters. The second kappa shape index (κ2) is 6.76. The van der Waals surface area contributed by atoms with Gasteiger partial charge < -0.3 is 14.3 Å². The summed E-state index contributed by atoms with van der Waals surface area (Å²) >= 11 is 0. The zero-order valence-electron chi connectivity index (χ0n) is 14.0. The van der Waals surface area contributed by atoms with Crippen LogP contribution in [0, 0.1) is 0 Å². The molecule has 1 N–H and O–H groups in total. The number of fused-ring (bicyclic) bond motifs is 1. The fraction of sp³-hybridized carbons (Fsp3) is 0.350. The normalized spacial score (nSPS) is 19.7. The van der Waals surface area contributed by atoms with Gasteiger partial charge in [-0.1, -0.05) is 12.8 Å². The second-order valence-corrected chi connectivity index (χ2v) is 6.59. The Hall–Kier alpha value is -2.53. The third-order valence-corrected chi connectivity index (χ3v) is 4.81. The average Bonchev–Trinajstić information content (AvgIpc) is 3.13. The fourth-order valence-corrected chi connectivity index (χ4v) is 3.47. The van der Waals surface area contributed by atoms with Crippen molar-refractivity contribution in [3.8, 4) is 11.5 Å². The molecule has 0 amide bonds. The Labute approximate surface area is 146 Å². The van der Waals surface area contributed by atoms with Gasteiger partial charge in [0, 0.05) is 12.6 Å². The SMILES string of the molecule is O=C1/C(=C\c2ccco2)Oc2c1ccc(O)c2CN1CCCCCC1. The molecule has 0 aliphatic carbocycles. The number of rotatable bonds is 3. The topological polar surface area (TPSA) is 62.9 Å². The van der Waals surface area contributed by atoms with Crippen LogP contribution in [0.5, 0.6) is 11.5 Å². The fourth-order valence-electron chi connectivity index (χ4n) is 3.47. The maximum atomic E-state index is 12.6. The number of likely N-dealkylation sites (tertiary alicyclic amines) is 1. The molecule has 1 saturated heterocycles. The van der Waals surface area contributed by atoms with E-state index in [1.165, 1.54) is 25.7 Å². The molecule has 3 heterocycles. The summed E-state index contributed by atoms with van der Waals surface area (Å²) in [5, 5.41) is 10.3. The second-order valence-electron chi connectivity index (χ2n) is 6.59. The summed E-state index contributed by atoms with van der Waals surface area (Å²) in [6.45, 7) is 2.61. The molecular formula is C20H21NO4. The highest BCUT2D eigenvalue weighted by molar-refractivity contribution is 6.14. The van der Waals surface area contributed by atoms with Gasteiger partial charge in [0.1, 0.15) is 17.3 Å². The molecule has 5 heteroatoms. The highest BCUT2D eigenvalue weighted by atomic mass is 16.5. The molecule has 4 rings (SSSR count). The molecule has 2 aliphatic rings. The van der Waals surface area contributed by atoms with Crippen molar-refractivity contribution in [2.75, 3.05) is 13.1 Å².